The first kappa shape index (κ1) is 16.5. The number of rotatable bonds is 4. The summed E-state index contributed by atoms with van der Waals surface area (Å²) in [4.78, 5) is 33.6. The van der Waals surface area contributed by atoms with E-state index in [0.717, 1.165) is 0 Å². The van der Waals surface area contributed by atoms with E-state index in [1.165, 1.54) is 24.3 Å². The van der Waals surface area contributed by atoms with E-state index in [0.29, 0.717) is 5.75 Å². The molecule has 0 aliphatic heterocycles. The Morgan fingerprint density at radius 3 is 2.19 bits per heavy atom. The SMILES string of the molecule is CC(C)(C)NC(=O)NC(=O)COc1ccc(C(=O)O)cc1. The average molecular weight is 294 g/mol. The zero-order valence-electron chi connectivity index (χ0n) is 12.1. The van der Waals surface area contributed by atoms with E-state index in [1.54, 1.807) is 20.8 Å². The lowest BCUT2D eigenvalue weighted by Crippen LogP contribution is -2.49. The normalized spacial score (nSPS) is 10.6. The second-order valence-electron chi connectivity index (χ2n) is 5.37. The molecule has 1 rings (SSSR count). The number of urea groups is 1. The van der Waals surface area contributed by atoms with Crippen LogP contribution in [-0.2, 0) is 4.79 Å². The summed E-state index contributed by atoms with van der Waals surface area (Å²) < 4.78 is 5.15. The number of hydrogen-bond acceptors (Lipinski definition) is 4. The number of aromatic carboxylic acids is 1. The van der Waals surface area contributed by atoms with Gasteiger partial charge in [-0.15, -0.1) is 0 Å². The van der Waals surface area contributed by atoms with Crippen LogP contribution in [0.1, 0.15) is 31.1 Å². The quantitative estimate of drug-likeness (QED) is 0.778. The number of nitrogens with one attached hydrogen (secondary N) is 2. The number of ether oxygens (including phenoxy) is 1. The summed E-state index contributed by atoms with van der Waals surface area (Å²) in [6, 6.07) is 5.00. The first-order valence-electron chi connectivity index (χ1n) is 6.25. The Labute approximate surface area is 122 Å². The van der Waals surface area contributed by atoms with E-state index in [2.05, 4.69) is 10.6 Å². The molecule has 0 saturated heterocycles. The van der Waals surface area contributed by atoms with Gasteiger partial charge in [0.2, 0.25) is 0 Å². The molecule has 0 fully saturated rings. The number of hydrogen-bond donors (Lipinski definition) is 3. The van der Waals surface area contributed by atoms with Crippen molar-refractivity contribution in [2.75, 3.05) is 6.61 Å². The molecule has 7 nitrogen and oxygen atoms in total. The molecule has 3 amide bonds. The van der Waals surface area contributed by atoms with E-state index in [4.69, 9.17) is 9.84 Å². The molecule has 0 spiro atoms. The van der Waals surface area contributed by atoms with Gasteiger partial charge in [0.05, 0.1) is 5.56 Å². The summed E-state index contributed by atoms with van der Waals surface area (Å²) in [5, 5.41) is 13.4. The van der Waals surface area contributed by atoms with Crippen molar-refractivity contribution in [2.24, 2.45) is 0 Å². The Balaban J connectivity index is 2.42. The third-order valence-corrected chi connectivity index (χ3v) is 2.21. The van der Waals surface area contributed by atoms with Gasteiger partial charge in [0.25, 0.3) is 5.91 Å². The summed E-state index contributed by atoms with van der Waals surface area (Å²) in [6.07, 6.45) is 0. The Morgan fingerprint density at radius 2 is 1.71 bits per heavy atom. The Kier molecular flexibility index (Phi) is 5.29. The summed E-state index contributed by atoms with van der Waals surface area (Å²) in [5.41, 5.74) is -0.325. The fraction of sp³-hybridized carbons (Fsp3) is 0.357. The molecule has 0 radical (unpaired) electrons. The molecule has 1 aromatic carbocycles. The van der Waals surface area contributed by atoms with Crippen molar-refractivity contribution in [2.45, 2.75) is 26.3 Å². The lowest BCUT2D eigenvalue weighted by Gasteiger charge is -2.20. The predicted molar refractivity (Wildman–Crippen MR) is 75.3 cm³/mol. The lowest BCUT2D eigenvalue weighted by molar-refractivity contribution is -0.122. The highest BCUT2D eigenvalue weighted by Gasteiger charge is 2.15. The van der Waals surface area contributed by atoms with Crippen molar-refractivity contribution in [3.8, 4) is 5.75 Å². The topological polar surface area (TPSA) is 105 Å². The van der Waals surface area contributed by atoms with Crippen LogP contribution in [0.2, 0.25) is 0 Å². The summed E-state index contributed by atoms with van der Waals surface area (Å²) >= 11 is 0. The van der Waals surface area contributed by atoms with Crippen LogP contribution in [0.15, 0.2) is 24.3 Å². The third-order valence-electron chi connectivity index (χ3n) is 2.21. The predicted octanol–water partition coefficient (Wildman–Crippen LogP) is 1.39. The van der Waals surface area contributed by atoms with Crippen LogP contribution in [0.5, 0.6) is 5.75 Å². The standard InChI is InChI=1S/C14H18N2O5/c1-14(2,3)16-13(20)15-11(17)8-21-10-6-4-9(5-7-10)12(18)19/h4-7H,8H2,1-3H3,(H,18,19)(H2,15,16,17,20). The maximum Gasteiger partial charge on any atom is 0.335 e. The fourth-order valence-corrected chi connectivity index (χ4v) is 1.38. The lowest BCUT2D eigenvalue weighted by atomic mass is 10.1. The third kappa shape index (κ3) is 6.42. The first-order chi connectivity index (χ1) is 9.67. The summed E-state index contributed by atoms with van der Waals surface area (Å²) in [6.45, 7) is 5.02. The highest BCUT2D eigenvalue weighted by atomic mass is 16.5. The molecule has 0 saturated carbocycles. The highest BCUT2D eigenvalue weighted by Crippen LogP contribution is 2.11. The maximum absolute atomic E-state index is 11.5. The van der Waals surface area contributed by atoms with Crippen LogP contribution in [-0.4, -0.2) is 35.2 Å². The average Bonchev–Trinajstić information content (AvgIpc) is 2.34. The van der Waals surface area contributed by atoms with E-state index in [1.807, 2.05) is 0 Å². The number of carbonyl (C=O) groups excluding carboxylic acids is 2. The molecular formula is C14H18N2O5. The van der Waals surface area contributed by atoms with Crippen LogP contribution < -0.4 is 15.4 Å². The van der Waals surface area contributed by atoms with Crippen LogP contribution in [0.25, 0.3) is 0 Å². The summed E-state index contributed by atoms with van der Waals surface area (Å²) in [7, 11) is 0. The van der Waals surface area contributed by atoms with Crippen LogP contribution in [0.3, 0.4) is 0 Å². The Bertz CT molecular complexity index is 531. The Morgan fingerprint density at radius 1 is 1.14 bits per heavy atom. The van der Waals surface area contributed by atoms with Crippen molar-refractivity contribution in [3.63, 3.8) is 0 Å². The second kappa shape index (κ2) is 6.74. The monoisotopic (exact) mass is 294 g/mol. The van der Waals surface area contributed by atoms with Crippen LogP contribution in [0, 0.1) is 0 Å². The van der Waals surface area contributed by atoms with Gasteiger partial charge in [0.15, 0.2) is 6.61 Å². The van der Waals surface area contributed by atoms with Gasteiger partial charge in [-0.2, -0.15) is 0 Å². The molecule has 114 valence electrons. The van der Waals surface area contributed by atoms with Gasteiger partial charge in [-0.3, -0.25) is 10.1 Å². The largest absolute Gasteiger partial charge is 0.484 e. The molecule has 0 aliphatic rings. The number of carbonyl (C=O) groups is 3. The zero-order valence-corrected chi connectivity index (χ0v) is 12.1. The van der Waals surface area contributed by atoms with Gasteiger partial charge in [0.1, 0.15) is 5.75 Å². The van der Waals surface area contributed by atoms with Gasteiger partial charge in [0, 0.05) is 5.54 Å². The minimum absolute atomic E-state index is 0.122. The number of benzene rings is 1. The van der Waals surface area contributed by atoms with Gasteiger partial charge >= 0.3 is 12.0 Å². The van der Waals surface area contributed by atoms with Crippen molar-refractivity contribution in [1.29, 1.82) is 0 Å². The van der Waals surface area contributed by atoms with E-state index >= 15 is 0 Å². The molecule has 0 atom stereocenters. The van der Waals surface area contributed by atoms with E-state index in [9.17, 15) is 14.4 Å². The number of amides is 3. The van der Waals surface area contributed by atoms with E-state index < -0.39 is 23.4 Å². The minimum Gasteiger partial charge on any atom is -0.484 e. The molecule has 21 heavy (non-hydrogen) atoms. The Hall–Kier alpha value is -2.57. The molecule has 0 unspecified atom stereocenters. The van der Waals surface area contributed by atoms with Crippen molar-refractivity contribution < 1.29 is 24.2 Å². The molecule has 1 aromatic rings. The fourth-order valence-electron chi connectivity index (χ4n) is 1.38. The molecule has 7 heteroatoms. The minimum atomic E-state index is -1.04. The highest BCUT2D eigenvalue weighted by molar-refractivity contribution is 5.95. The van der Waals surface area contributed by atoms with Crippen LogP contribution >= 0.6 is 0 Å². The van der Waals surface area contributed by atoms with Crippen LogP contribution in [0.4, 0.5) is 4.79 Å². The molecule has 0 bridgehead atoms. The number of carboxylic acids is 1. The smallest absolute Gasteiger partial charge is 0.335 e. The maximum atomic E-state index is 11.5. The molecule has 0 aliphatic carbocycles. The first-order valence-corrected chi connectivity index (χ1v) is 6.25. The van der Waals surface area contributed by atoms with Gasteiger partial charge in [-0.05, 0) is 45.0 Å². The van der Waals surface area contributed by atoms with E-state index in [-0.39, 0.29) is 12.2 Å². The summed E-state index contributed by atoms with van der Waals surface area (Å²) in [5.74, 6) is -1.30. The van der Waals surface area contributed by atoms with Crippen molar-refractivity contribution >= 4 is 17.9 Å². The number of carboxylic acid groups (broad SMARTS) is 1. The molecule has 0 heterocycles. The number of imide groups is 1. The molecule has 3 N–H and O–H groups in total. The van der Waals surface area contributed by atoms with Gasteiger partial charge in [-0.25, -0.2) is 9.59 Å². The van der Waals surface area contributed by atoms with Crippen molar-refractivity contribution in [1.82, 2.24) is 10.6 Å². The zero-order chi connectivity index (χ0) is 16.0. The molecular weight excluding hydrogens is 276 g/mol. The second-order valence-corrected chi connectivity index (χ2v) is 5.37. The van der Waals surface area contributed by atoms with Crippen molar-refractivity contribution in [3.05, 3.63) is 29.8 Å². The van der Waals surface area contributed by atoms with Gasteiger partial charge < -0.3 is 15.2 Å². The molecule has 0 aromatic heterocycles. The van der Waals surface area contributed by atoms with Gasteiger partial charge in [-0.1, -0.05) is 0 Å².